The van der Waals surface area contributed by atoms with Crippen LogP contribution in [0.1, 0.15) is 33.6 Å². The van der Waals surface area contributed by atoms with Gasteiger partial charge < -0.3 is 10.6 Å². The fourth-order valence-corrected chi connectivity index (χ4v) is 0.832. The van der Waals surface area contributed by atoms with E-state index >= 15 is 0 Å². The van der Waals surface area contributed by atoms with Gasteiger partial charge in [-0.25, -0.2) is 0 Å². The summed E-state index contributed by atoms with van der Waals surface area (Å²) in [4.78, 5) is 10.8. The van der Waals surface area contributed by atoms with Crippen LogP contribution in [0.4, 0.5) is 0 Å². The number of carbonyl (C=O) groups is 1. The van der Waals surface area contributed by atoms with E-state index in [1.54, 1.807) is 0 Å². The number of rotatable bonds is 6. The van der Waals surface area contributed by atoms with Crippen molar-refractivity contribution in [1.29, 1.82) is 0 Å². The fourth-order valence-electron chi connectivity index (χ4n) is 0.832. The van der Waals surface area contributed by atoms with E-state index in [0.29, 0.717) is 12.5 Å². The molecule has 0 aromatic carbocycles. The zero-order chi connectivity index (χ0) is 9.40. The summed E-state index contributed by atoms with van der Waals surface area (Å²) in [5.41, 5.74) is 0. The van der Waals surface area contributed by atoms with Gasteiger partial charge in [0.15, 0.2) is 0 Å². The second-order valence-electron chi connectivity index (χ2n) is 3.17. The monoisotopic (exact) mass is 172 g/mol. The van der Waals surface area contributed by atoms with Crippen LogP contribution < -0.4 is 10.6 Å². The summed E-state index contributed by atoms with van der Waals surface area (Å²) in [6.07, 6.45) is 1.58. The summed E-state index contributed by atoms with van der Waals surface area (Å²) < 4.78 is 0. The van der Waals surface area contributed by atoms with Crippen molar-refractivity contribution < 1.29 is 4.79 Å². The quantitative estimate of drug-likeness (QED) is 0.584. The summed E-state index contributed by atoms with van der Waals surface area (Å²) in [7, 11) is 0. The van der Waals surface area contributed by atoms with E-state index in [2.05, 4.69) is 24.5 Å². The highest BCUT2D eigenvalue weighted by Gasteiger charge is 1.95. The molecular weight excluding hydrogens is 152 g/mol. The van der Waals surface area contributed by atoms with Crippen molar-refractivity contribution in [2.45, 2.75) is 39.7 Å². The zero-order valence-corrected chi connectivity index (χ0v) is 8.31. The minimum atomic E-state index is 0.138. The lowest BCUT2D eigenvalue weighted by molar-refractivity contribution is -0.120. The molecule has 0 spiro atoms. The highest BCUT2D eigenvalue weighted by molar-refractivity contribution is 5.75. The molecule has 0 fully saturated rings. The molecular formula is C9H20N2O. The summed E-state index contributed by atoms with van der Waals surface area (Å²) in [6, 6.07) is 0.534. The van der Waals surface area contributed by atoms with Crippen LogP contribution in [-0.2, 0) is 4.79 Å². The van der Waals surface area contributed by atoms with E-state index in [-0.39, 0.29) is 5.91 Å². The molecule has 3 heteroatoms. The molecule has 0 heterocycles. The molecule has 0 unspecified atom stereocenters. The Morgan fingerprint density at radius 2 is 2.00 bits per heavy atom. The van der Waals surface area contributed by atoms with Gasteiger partial charge in [-0.15, -0.1) is 0 Å². The average Bonchev–Trinajstić information content (AvgIpc) is 2.03. The summed E-state index contributed by atoms with van der Waals surface area (Å²) >= 11 is 0. The van der Waals surface area contributed by atoms with Crippen molar-refractivity contribution in [1.82, 2.24) is 10.6 Å². The first-order valence-electron chi connectivity index (χ1n) is 4.67. The van der Waals surface area contributed by atoms with E-state index in [1.165, 1.54) is 0 Å². The summed E-state index contributed by atoms with van der Waals surface area (Å²) in [5.74, 6) is 0.138. The number of carbonyl (C=O) groups excluding carboxylic acids is 1. The van der Waals surface area contributed by atoms with Gasteiger partial charge in [-0.05, 0) is 13.0 Å². The molecule has 0 bridgehead atoms. The molecule has 0 saturated carbocycles. The molecule has 0 aromatic rings. The third kappa shape index (κ3) is 7.54. The molecule has 0 saturated heterocycles. The SMILES string of the molecule is CCC(=O)NCCCNC(C)C. The van der Waals surface area contributed by atoms with Crippen LogP contribution in [0, 0.1) is 0 Å². The Morgan fingerprint density at radius 3 is 2.50 bits per heavy atom. The molecule has 2 N–H and O–H groups in total. The van der Waals surface area contributed by atoms with Crippen LogP contribution in [0.5, 0.6) is 0 Å². The second kappa shape index (κ2) is 7.10. The van der Waals surface area contributed by atoms with E-state index in [4.69, 9.17) is 0 Å². The largest absolute Gasteiger partial charge is 0.356 e. The van der Waals surface area contributed by atoms with Gasteiger partial charge in [0.05, 0.1) is 0 Å². The molecule has 0 radical (unpaired) electrons. The Kier molecular flexibility index (Phi) is 6.76. The fraction of sp³-hybridized carbons (Fsp3) is 0.889. The molecule has 12 heavy (non-hydrogen) atoms. The standard InChI is InChI=1S/C9H20N2O/c1-4-9(12)11-7-5-6-10-8(2)3/h8,10H,4-7H2,1-3H3,(H,11,12). The van der Waals surface area contributed by atoms with Crippen LogP contribution in [0.3, 0.4) is 0 Å². The van der Waals surface area contributed by atoms with E-state index in [9.17, 15) is 4.79 Å². The number of amides is 1. The lowest BCUT2D eigenvalue weighted by atomic mass is 10.3. The van der Waals surface area contributed by atoms with Gasteiger partial charge in [-0.1, -0.05) is 20.8 Å². The third-order valence-corrected chi connectivity index (χ3v) is 1.55. The zero-order valence-electron chi connectivity index (χ0n) is 8.31. The Hall–Kier alpha value is -0.570. The molecule has 72 valence electrons. The molecule has 0 aliphatic heterocycles. The predicted octanol–water partition coefficient (Wildman–Crippen LogP) is 0.901. The molecule has 1 amide bonds. The van der Waals surface area contributed by atoms with Gasteiger partial charge in [0.1, 0.15) is 0 Å². The Labute approximate surface area is 74.9 Å². The van der Waals surface area contributed by atoms with E-state index in [1.807, 2.05) is 6.92 Å². The maximum atomic E-state index is 10.8. The molecule has 3 nitrogen and oxygen atoms in total. The van der Waals surface area contributed by atoms with Gasteiger partial charge in [0, 0.05) is 19.0 Å². The van der Waals surface area contributed by atoms with Crippen LogP contribution in [0.25, 0.3) is 0 Å². The van der Waals surface area contributed by atoms with Crippen LogP contribution in [0.2, 0.25) is 0 Å². The highest BCUT2D eigenvalue weighted by atomic mass is 16.1. The Balaban J connectivity index is 3.05. The Bertz CT molecular complexity index is 124. The Morgan fingerprint density at radius 1 is 1.33 bits per heavy atom. The van der Waals surface area contributed by atoms with Crippen LogP contribution >= 0.6 is 0 Å². The normalized spacial score (nSPS) is 10.3. The van der Waals surface area contributed by atoms with Gasteiger partial charge in [-0.3, -0.25) is 4.79 Å². The topological polar surface area (TPSA) is 41.1 Å². The highest BCUT2D eigenvalue weighted by Crippen LogP contribution is 1.80. The summed E-state index contributed by atoms with van der Waals surface area (Å²) in [6.45, 7) is 7.85. The van der Waals surface area contributed by atoms with Gasteiger partial charge in [-0.2, -0.15) is 0 Å². The number of nitrogens with one attached hydrogen (secondary N) is 2. The lowest BCUT2D eigenvalue weighted by Gasteiger charge is -2.07. The van der Waals surface area contributed by atoms with Crippen molar-refractivity contribution in [3.63, 3.8) is 0 Å². The van der Waals surface area contributed by atoms with Gasteiger partial charge >= 0.3 is 0 Å². The molecule has 0 aliphatic rings. The molecule has 0 aromatic heterocycles. The molecule has 0 aliphatic carbocycles. The number of hydrogen-bond acceptors (Lipinski definition) is 2. The van der Waals surface area contributed by atoms with Crippen molar-refractivity contribution >= 4 is 5.91 Å². The second-order valence-corrected chi connectivity index (χ2v) is 3.17. The maximum absolute atomic E-state index is 10.8. The first kappa shape index (κ1) is 11.4. The first-order chi connectivity index (χ1) is 5.66. The van der Waals surface area contributed by atoms with Crippen molar-refractivity contribution in [2.75, 3.05) is 13.1 Å². The average molecular weight is 172 g/mol. The predicted molar refractivity (Wildman–Crippen MR) is 51.1 cm³/mol. The van der Waals surface area contributed by atoms with Crippen molar-refractivity contribution in [2.24, 2.45) is 0 Å². The van der Waals surface area contributed by atoms with Crippen LogP contribution in [0.15, 0.2) is 0 Å². The van der Waals surface area contributed by atoms with Crippen LogP contribution in [-0.4, -0.2) is 25.0 Å². The minimum absolute atomic E-state index is 0.138. The van der Waals surface area contributed by atoms with Crippen molar-refractivity contribution in [3.8, 4) is 0 Å². The minimum Gasteiger partial charge on any atom is -0.356 e. The first-order valence-corrected chi connectivity index (χ1v) is 4.67. The van der Waals surface area contributed by atoms with Gasteiger partial charge in [0.2, 0.25) is 5.91 Å². The summed E-state index contributed by atoms with van der Waals surface area (Å²) in [5, 5.41) is 6.11. The smallest absolute Gasteiger partial charge is 0.219 e. The lowest BCUT2D eigenvalue weighted by Crippen LogP contribution is -2.29. The number of hydrogen-bond donors (Lipinski definition) is 2. The van der Waals surface area contributed by atoms with Crippen molar-refractivity contribution in [3.05, 3.63) is 0 Å². The molecule has 0 atom stereocenters. The van der Waals surface area contributed by atoms with E-state index < -0.39 is 0 Å². The van der Waals surface area contributed by atoms with Gasteiger partial charge in [0.25, 0.3) is 0 Å². The van der Waals surface area contributed by atoms with E-state index in [0.717, 1.165) is 19.5 Å². The third-order valence-electron chi connectivity index (χ3n) is 1.55. The molecule has 0 rings (SSSR count). The maximum Gasteiger partial charge on any atom is 0.219 e.